The Hall–Kier alpha value is 0.480. The van der Waals surface area contributed by atoms with Gasteiger partial charge in [0.1, 0.15) is 0 Å². The minimum atomic E-state index is 0.943. The van der Waals surface area contributed by atoms with E-state index in [1.807, 2.05) is 0 Å². The van der Waals surface area contributed by atoms with Gasteiger partial charge in [-0.25, -0.2) is 0 Å². The van der Waals surface area contributed by atoms with Crippen LogP contribution in [-0.2, 0) is 0 Å². The minimum Gasteiger partial charge on any atom is -0.0928 e. The Morgan fingerprint density at radius 1 is 0.375 bits per heavy atom. The molecule has 2 atom stereocenters. The summed E-state index contributed by atoms with van der Waals surface area (Å²) in [5, 5.41) is 1.19. The molecule has 1 heteroatoms. The Morgan fingerprint density at radius 2 is 0.625 bits per heavy atom. The van der Waals surface area contributed by atoms with Gasteiger partial charge in [-0.15, -0.1) is 0 Å². The molecule has 0 N–H and O–H groups in total. The van der Waals surface area contributed by atoms with Crippen LogP contribution in [0.5, 0.6) is 0 Å². The first-order valence-electron chi connectivity index (χ1n) is 15.3. The average Bonchev–Trinajstić information content (AvgIpc) is 2.80. The lowest BCUT2D eigenvalue weighted by atomic mass is 9.95. The van der Waals surface area contributed by atoms with E-state index in [1.165, 1.54) is 166 Å². The van der Waals surface area contributed by atoms with Gasteiger partial charge in [0.05, 0.1) is 0 Å². The standard InChI is InChI=1S/C31H63Br/c1-4-30(2)26-22-19-17-20-24-28-31(3)27-23-18-15-13-11-9-7-5-6-8-10-12-14-16-21-25-29-32/h30-31H,4-29H2,1-3H3. The summed E-state index contributed by atoms with van der Waals surface area (Å²) >= 11 is 3.52. The molecule has 0 saturated heterocycles. The van der Waals surface area contributed by atoms with Gasteiger partial charge in [-0.05, 0) is 18.3 Å². The zero-order chi connectivity index (χ0) is 23.5. The summed E-state index contributed by atoms with van der Waals surface area (Å²) in [5.41, 5.74) is 0. The fraction of sp³-hybridized carbons (Fsp3) is 1.00. The van der Waals surface area contributed by atoms with Crippen LogP contribution in [-0.4, -0.2) is 5.33 Å². The van der Waals surface area contributed by atoms with Gasteiger partial charge in [0.2, 0.25) is 0 Å². The van der Waals surface area contributed by atoms with E-state index in [0.717, 1.165) is 11.8 Å². The van der Waals surface area contributed by atoms with Gasteiger partial charge in [-0.1, -0.05) is 191 Å². The topological polar surface area (TPSA) is 0 Å². The molecule has 0 fully saturated rings. The van der Waals surface area contributed by atoms with E-state index >= 15 is 0 Å². The van der Waals surface area contributed by atoms with Crippen molar-refractivity contribution in [3.05, 3.63) is 0 Å². The van der Waals surface area contributed by atoms with Gasteiger partial charge in [0.25, 0.3) is 0 Å². The minimum absolute atomic E-state index is 0.943. The van der Waals surface area contributed by atoms with Crippen molar-refractivity contribution in [2.75, 3.05) is 5.33 Å². The number of rotatable bonds is 27. The predicted molar refractivity (Wildman–Crippen MR) is 153 cm³/mol. The first kappa shape index (κ1) is 32.5. The summed E-state index contributed by atoms with van der Waals surface area (Å²) in [6.45, 7) is 7.22. The quantitative estimate of drug-likeness (QED) is 0.0753. The van der Waals surface area contributed by atoms with Crippen molar-refractivity contribution in [1.82, 2.24) is 0 Å². The fourth-order valence-electron chi connectivity index (χ4n) is 4.93. The zero-order valence-corrected chi connectivity index (χ0v) is 24.5. The van der Waals surface area contributed by atoms with Crippen molar-refractivity contribution >= 4 is 15.9 Å². The van der Waals surface area contributed by atoms with Gasteiger partial charge < -0.3 is 0 Å². The Kier molecular flexibility index (Phi) is 28.1. The first-order valence-corrected chi connectivity index (χ1v) is 16.4. The number of hydrogen-bond acceptors (Lipinski definition) is 0. The summed E-state index contributed by atoms with van der Waals surface area (Å²) in [5.74, 6) is 1.91. The molecular weight excluding hydrogens is 452 g/mol. The molecule has 0 heterocycles. The Bertz CT molecular complexity index is 326. The normalized spacial score (nSPS) is 13.5. The molecule has 0 spiro atoms. The number of alkyl halides is 1. The molecule has 2 unspecified atom stereocenters. The molecule has 0 rings (SSSR count). The smallest absolute Gasteiger partial charge is 0.00313 e. The molecule has 0 aliphatic carbocycles. The van der Waals surface area contributed by atoms with Crippen LogP contribution in [0.4, 0.5) is 0 Å². The van der Waals surface area contributed by atoms with Crippen LogP contribution < -0.4 is 0 Å². The van der Waals surface area contributed by atoms with Crippen LogP contribution in [0.25, 0.3) is 0 Å². The van der Waals surface area contributed by atoms with Crippen LogP contribution in [0, 0.1) is 11.8 Å². The van der Waals surface area contributed by atoms with Crippen LogP contribution in [0.2, 0.25) is 0 Å². The van der Waals surface area contributed by atoms with E-state index in [2.05, 4.69) is 36.7 Å². The first-order chi connectivity index (χ1) is 15.7. The van der Waals surface area contributed by atoms with Gasteiger partial charge >= 0.3 is 0 Å². The van der Waals surface area contributed by atoms with Gasteiger partial charge in [-0.2, -0.15) is 0 Å². The summed E-state index contributed by atoms with van der Waals surface area (Å²) in [4.78, 5) is 0. The summed E-state index contributed by atoms with van der Waals surface area (Å²) in [6.07, 6.45) is 36.6. The molecule has 0 aliphatic rings. The van der Waals surface area contributed by atoms with Crippen molar-refractivity contribution < 1.29 is 0 Å². The third kappa shape index (κ3) is 26.7. The molecule has 0 bridgehead atoms. The summed E-state index contributed by atoms with van der Waals surface area (Å²) in [6, 6.07) is 0. The highest BCUT2D eigenvalue weighted by molar-refractivity contribution is 9.09. The highest BCUT2D eigenvalue weighted by atomic mass is 79.9. The lowest BCUT2D eigenvalue weighted by molar-refractivity contribution is 0.425. The van der Waals surface area contributed by atoms with E-state index in [1.54, 1.807) is 0 Å². The molecule has 32 heavy (non-hydrogen) atoms. The molecule has 0 radical (unpaired) electrons. The maximum atomic E-state index is 3.52. The van der Waals surface area contributed by atoms with Crippen LogP contribution in [0.15, 0.2) is 0 Å². The maximum Gasteiger partial charge on any atom is 0.00313 e. The van der Waals surface area contributed by atoms with Crippen LogP contribution >= 0.6 is 15.9 Å². The third-order valence-corrected chi connectivity index (χ3v) is 8.23. The summed E-state index contributed by atoms with van der Waals surface area (Å²) < 4.78 is 0. The second-order valence-corrected chi connectivity index (χ2v) is 11.9. The molecule has 194 valence electrons. The van der Waals surface area contributed by atoms with Crippen LogP contribution in [0.1, 0.15) is 181 Å². The van der Waals surface area contributed by atoms with E-state index in [0.29, 0.717) is 0 Å². The molecule has 0 aliphatic heterocycles. The van der Waals surface area contributed by atoms with E-state index < -0.39 is 0 Å². The van der Waals surface area contributed by atoms with E-state index in [9.17, 15) is 0 Å². The predicted octanol–water partition coefficient (Wildman–Crippen LogP) is 12.4. The van der Waals surface area contributed by atoms with E-state index in [-0.39, 0.29) is 0 Å². The molecule has 0 aromatic heterocycles. The van der Waals surface area contributed by atoms with Gasteiger partial charge in [-0.3, -0.25) is 0 Å². The van der Waals surface area contributed by atoms with Crippen molar-refractivity contribution in [1.29, 1.82) is 0 Å². The molecule has 0 saturated carbocycles. The monoisotopic (exact) mass is 514 g/mol. The number of unbranched alkanes of at least 4 members (excludes halogenated alkanes) is 19. The Balaban J connectivity index is 3.14. The SMILES string of the molecule is CCC(C)CCCCCCCC(C)CCCCCCCCCCCCCCCCCCBr. The van der Waals surface area contributed by atoms with Crippen molar-refractivity contribution in [3.63, 3.8) is 0 Å². The van der Waals surface area contributed by atoms with Crippen molar-refractivity contribution in [2.45, 2.75) is 181 Å². The largest absolute Gasteiger partial charge is 0.0928 e. The lowest BCUT2D eigenvalue weighted by Crippen LogP contribution is -1.95. The van der Waals surface area contributed by atoms with Crippen molar-refractivity contribution in [3.8, 4) is 0 Å². The zero-order valence-electron chi connectivity index (χ0n) is 22.9. The molecule has 0 nitrogen and oxygen atoms in total. The highest BCUT2D eigenvalue weighted by Gasteiger charge is 2.03. The Labute approximate surface area is 214 Å². The second-order valence-electron chi connectivity index (χ2n) is 11.1. The number of hydrogen-bond donors (Lipinski definition) is 0. The van der Waals surface area contributed by atoms with Crippen LogP contribution in [0.3, 0.4) is 0 Å². The average molecular weight is 516 g/mol. The van der Waals surface area contributed by atoms with Crippen molar-refractivity contribution in [2.24, 2.45) is 11.8 Å². The Morgan fingerprint density at radius 3 is 0.906 bits per heavy atom. The van der Waals surface area contributed by atoms with E-state index in [4.69, 9.17) is 0 Å². The maximum absolute atomic E-state index is 3.52. The molecule has 0 aromatic carbocycles. The molecule has 0 aromatic rings. The number of halogens is 1. The third-order valence-electron chi connectivity index (χ3n) is 7.67. The highest BCUT2D eigenvalue weighted by Crippen LogP contribution is 2.20. The second kappa shape index (κ2) is 27.7. The molecule has 0 amide bonds. The van der Waals surface area contributed by atoms with Gasteiger partial charge in [0.15, 0.2) is 0 Å². The van der Waals surface area contributed by atoms with Gasteiger partial charge in [0, 0.05) is 5.33 Å². The lowest BCUT2D eigenvalue weighted by Gasteiger charge is -2.11. The summed E-state index contributed by atoms with van der Waals surface area (Å²) in [7, 11) is 0. The molecular formula is C31H63Br. The fourth-order valence-corrected chi connectivity index (χ4v) is 5.32.